The van der Waals surface area contributed by atoms with Gasteiger partial charge in [-0.05, 0) is 76.4 Å². The Hall–Kier alpha value is -2.67. The van der Waals surface area contributed by atoms with Crippen molar-refractivity contribution in [3.05, 3.63) is 35.9 Å². The van der Waals surface area contributed by atoms with Crippen molar-refractivity contribution in [1.29, 1.82) is 0 Å². The number of hydrogen-bond acceptors (Lipinski definition) is 9. The minimum Gasteiger partial charge on any atom is -0.444 e. The highest BCUT2D eigenvalue weighted by molar-refractivity contribution is 7.98. The first-order valence-electron chi connectivity index (χ1n) is 15.7. The molecule has 1 rings (SSSR count). The number of ether oxygens (including phenoxy) is 1. The number of nitrogens with two attached hydrogens (primary N) is 1. The average molecular weight is 653 g/mol. The van der Waals surface area contributed by atoms with Crippen LogP contribution in [0.4, 0.5) is 4.79 Å². The zero-order valence-electron chi connectivity index (χ0n) is 28.4. The summed E-state index contributed by atoms with van der Waals surface area (Å²) in [7, 11) is 0. The van der Waals surface area contributed by atoms with E-state index in [1.165, 1.54) is 18.7 Å². The van der Waals surface area contributed by atoms with Gasteiger partial charge in [0.05, 0.1) is 24.3 Å². The Bertz CT molecular complexity index is 1080. The van der Waals surface area contributed by atoms with Gasteiger partial charge in [-0.25, -0.2) is 4.79 Å². The highest BCUT2D eigenvalue weighted by Crippen LogP contribution is 2.26. The summed E-state index contributed by atoms with van der Waals surface area (Å²) in [5, 5.41) is 27.1. The summed E-state index contributed by atoms with van der Waals surface area (Å²) in [6.07, 6.45) is -1.23. The molecular formula is C33H56N4O7S. The maximum atomic E-state index is 14.4. The fourth-order valence-electron chi connectivity index (χ4n) is 4.85. The van der Waals surface area contributed by atoms with Crippen LogP contribution >= 0.6 is 11.8 Å². The van der Waals surface area contributed by atoms with Crippen LogP contribution in [0.15, 0.2) is 30.3 Å². The van der Waals surface area contributed by atoms with Crippen molar-refractivity contribution in [2.75, 3.05) is 12.0 Å². The van der Waals surface area contributed by atoms with Crippen LogP contribution < -0.4 is 16.4 Å². The van der Waals surface area contributed by atoms with Crippen LogP contribution in [-0.2, 0) is 25.7 Å². The van der Waals surface area contributed by atoms with E-state index in [0.717, 1.165) is 10.5 Å². The molecule has 0 saturated carbocycles. The third-order valence-electron chi connectivity index (χ3n) is 7.25. The van der Waals surface area contributed by atoms with Gasteiger partial charge in [0.15, 0.2) is 0 Å². The molecule has 1 aromatic rings. The molecule has 6 N–H and O–H groups in total. The van der Waals surface area contributed by atoms with Crippen LogP contribution in [0.2, 0.25) is 0 Å². The predicted molar refractivity (Wildman–Crippen MR) is 178 cm³/mol. The molecule has 12 heteroatoms. The molecule has 0 aliphatic rings. The normalized spacial score (nSPS) is 15.9. The highest BCUT2D eigenvalue weighted by Gasteiger charge is 2.42. The first kappa shape index (κ1) is 40.4. The lowest BCUT2D eigenvalue weighted by atomic mass is 9.86. The van der Waals surface area contributed by atoms with Gasteiger partial charge in [-0.2, -0.15) is 11.8 Å². The molecule has 0 radical (unpaired) electrons. The van der Waals surface area contributed by atoms with Crippen LogP contribution in [0.1, 0.15) is 80.2 Å². The first-order chi connectivity index (χ1) is 20.9. The predicted octanol–water partition coefficient (Wildman–Crippen LogP) is 3.45. The summed E-state index contributed by atoms with van der Waals surface area (Å²) in [5.74, 6) is -2.55. The topological polar surface area (TPSA) is 171 Å². The number of nitrogens with zero attached hydrogens (tertiary/aromatic N) is 1. The van der Waals surface area contributed by atoms with Crippen molar-refractivity contribution in [3.63, 3.8) is 0 Å². The van der Waals surface area contributed by atoms with Gasteiger partial charge in [0.2, 0.25) is 17.7 Å². The molecule has 0 fully saturated rings. The van der Waals surface area contributed by atoms with Crippen LogP contribution in [-0.4, -0.2) is 86.9 Å². The van der Waals surface area contributed by atoms with E-state index in [4.69, 9.17) is 10.5 Å². The Balaban J connectivity index is 3.49. The minimum atomic E-state index is -1.38. The van der Waals surface area contributed by atoms with Crippen molar-refractivity contribution in [1.82, 2.24) is 15.5 Å². The number of carbonyl (C=O) groups excluding carboxylic acids is 4. The number of alkyl carbamates (subject to hydrolysis) is 1. The largest absolute Gasteiger partial charge is 0.444 e. The summed E-state index contributed by atoms with van der Waals surface area (Å²) >= 11 is 1.48. The fraction of sp³-hybridized carbons (Fsp3) is 0.697. The molecule has 6 atom stereocenters. The van der Waals surface area contributed by atoms with E-state index < -0.39 is 65.7 Å². The number of amides is 4. The SMILES string of the molecule is CSCC[C@@H](C(=O)NCc1ccccc1)N(C(=O)[C@H](CC(C)C)C[C@@H](O)[C@@H](NC(=O)OC(C)(C)C)[C@@H](C)O)C(=O)[C@@H](N)C(C)C. The lowest BCUT2D eigenvalue weighted by Crippen LogP contribution is -2.59. The van der Waals surface area contributed by atoms with E-state index >= 15 is 0 Å². The number of rotatable bonds is 17. The number of aliphatic hydroxyl groups is 2. The summed E-state index contributed by atoms with van der Waals surface area (Å²) < 4.78 is 5.30. The molecule has 0 aliphatic heterocycles. The van der Waals surface area contributed by atoms with Gasteiger partial charge in [0.1, 0.15) is 11.6 Å². The third-order valence-corrected chi connectivity index (χ3v) is 7.89. The van der Waals surface area contributed by atoms with Gasteiger partial charge in [0, 0.05) is 12.5 Å². The smallest absolute Gasteiger partial charge is 0.408 e. The van der Waals surface area contributed by atoms with Gasteiger partial charge in [-0.3, -0.25) is 19.3 Å². The van der Waals surface area contributed by atoms with E-state index in [9.17, 15) is 29.4 Å². The number of nitrogens with one attached hydrogen (secondary N) is 2. The number of carbonyl (C=O) groups is 4. The van der Waals surface area contributed by atoms with Gasteiger partial charge in [0.25, 0.3) is 0 Å². The molecule has 11 nitrogen and oxygen atoms in total. The van der Waals surface area contributed by atoms with Gasteiger partial charge in [-0.1, -0.05) is 58.0 Å². The second-order valence-electron chi connectivity index (χ2n) is 13.4. The summed E-state index contributed by atoms with van der Waals surface area (Å²) in [5.41, 5.74) is 6.35. The van der Waals surface area contributed by atoms with Crippen molar-refractivity contribution in [3.8, 4) is 0 Å². The molecule has 0 spiro atoms. The second-order valence-corrected chi connectivity index (χ2v) is 14.3. The molecule has 4 amide bonds. The number of hydrogen-bond donors (Lipinski definition) is 5. The third kappa shape index (κ3) is 14.1. The molecule has 0 bridgehead atoms. The average Bonchev–Trinajstić information content (AvgIpc) is 2.94. The van der Waals surface area contributed by atoms with Crippen molar-refractivity contribution in [2.45, 2.75) is 117 Å². The summed E-state index contributed by atoms with van der Waals surface area (Å²) in [6.45, 7) is 14.0. The Kier molecular flexibility index (Phi) is 17.1. The van der Waals surface area contributed by atoms with Gasteiger partial charge in [-0.15, -0.1) is 0 Å². The second kappa shape index (κ2) is 19.1. The van der Waals surface area contributed by atoms with Crippen LogP contribution in [0, 0.1) is 17.8 Å². The monoisotopic (exact) mass is 652 g/mol. The molecule has 1 aromatic carbocycles. The molecule has 0 aliphatic carbocycles. The van der Waals surface area contributed by atoms with Crippen LogP contribution in [0.25, 0.3) is 0 Å². The molecule has 0 aromatic heterocycles. The van der Waals surface area contributed by atoms with Crippen molar-refractivity contribution in [2.24, 2.45) is 23.5 Å². The van der Waals surface area contributed by atoms with E-state index in [-0.39, 0.29) is 37.6 Å². The van der Waals surface area contributed by atoms with Crippen molar-refractivity contribution >= 4 is 35.6 Å². The molecule has 45 heavy (non-hydrogen) atoms. The van der Waals surface area contributed by atoms with Gasteiger partial charge < -0.3 is 31.3 Å². The summed E-state index contributed by atoms with van der Waals surface area (Å²) in [4.78, 5) is 55.6. The highest BCUT2D eigenvalue weighted by atomic mass is 32.2. The van der Waals surface area contributed by atoms with Crippen LogP contribution in [0.3, 0.4) is 0 Å². The molecule has 0 unspecified atom stereocenters. The number of thioether (sulfide) groups is 1. The number of imide groups is 1. The maximum absolute atomic E-state index is 14.4. The lowest BCUT2D eigenvalue weighted by molar-refractivity contribution is -0.157. The molecule has 0 saturated heterocycles. The van der Waals surface area contributed by atoms with E-state index in [1.807, 2.05) is 50.4 Å². The Morgan fingerprint density at radius 1 is 0.978 bits per heavy atom. The number of aliphatic hydroxyl groups excluding tert-OH is 2. The van der Waals surface area contributed by atoms with Crippen molar-refractivity contribution < 1.29 is 34.1 Å². The molecular weight excluding hydrogens is 596 g/mol. The fourth-order valence-corrected chi connectivity index (χ4v) is 5.31. The van der Waals surface area contributed by atoms with E-state index in [0.29, 0.717) is 5.75 Å². The number of benzene rings is 1. The van der Waals surface area contributed by atoms with Crippen LogP contribution in [0.5, 0.6) is 0 Å². The maximum Gasteiger partial charge on any atom is 0.408 e. The minimum absolute atomic E-state index is 0.0257. The standard InChI is InChI=1S/C33H56N4O7S/c1-20(2)17-24(18-26(39)28(22(5)38)36-32(43)44-33(6,7)8)30(41)37(31(42)27(34)21(3)4)25(15-16-45-9)29(40)35-19-23-13-11-10-12-14-23/h10-14,20-22,24-28,38-39H,15-19,34H2,1-9H3,(H,35,40)(H,36,43)/t22-,24-,25+,26-,27+,28+/m1/s1. The quantitative estimate of drug-likeness (QED) is 0.169. The van der Waals surface area contributed by atoms with E-state index in [1.54, 1.807) is 34.6 Å². The zero-order valence-corrected chi connectivity index (χ0v) is 29.2. The summed E-state index contributed by atoms with van der Waals surface area (Å²) in [6, 6.07) is 5.97. The van der Waals surface area contributed by atoms with Gasteiger partial charge >= 0.3 is 6.09 Å². The first-order valence-corrected chi connectivity index (χ1v) is 17.1. The molecule has 256 valence electrons. The molecule has 0 heterocycles. The Labute approximate surface area is 273 Å². The Morgan fingerprint density at radius 2 is 1.58 bits per heavy atom. The lowest BCUT2D eigenvalue weighted by Gasteiger charge is -2.36. The van der Waals surface area contributed by atoms with E-state index in [2.05, 4.69) is 10.6 Å². The zero-order chi connectivity index (χ0) is 34.5. The Morgan fingerprint density at radius 3 is 2.07 bits per heavy atom.